The Balaban J connectivity index is 2.29. The average Bonchev–Trinajstić information content (AvgIpc) is 2.33. The van der Waals surface area contributed by atoms with Crippen LogP contribution in [0.3, 0.4) is 0 Å². The molecule has 0 heterocycles. The number of hydrogen-bond acceptors (Lipinski definition) is 2. The number of aromatic hydroxyl groups is 1. The maximum atomic E-state index is 9.69. The largest absolute Gasteiger partial charge is 0.507 e. The lowest BCUT2D eigenvalue weighted by atomic mass is 10.1. The second-order valence-electron chi connectivity index (χ2n) is 4.24. The summed E-state index contributed by atoms with van der Waals surface area (Å²) < 4.78 is 0. The molecule has 92 valence electrons. The van der Waals surface area contributed by atoms with Gasteiger partial charge < -0.3 is 5.11 Å². The monoisotopic (exact) mass is 259 g/mol. The standard InChI is InChI=1S/C15H14ClNO/c1-10-6-12(7-11(2)15(10)18)9-17-14-5-3-4-13(16)8-14/h3-9,18H,1-2H3. The zero-order chi connectivity index (χ0) is 13.1. The van der Waals surface area contributed by atoms with Gasteiger partial charge in [0.1, 0.15) is 5.75 Å². The minimum atomic E-state index is 0.343. The van der Waals surface area contributed by atoms with E-state index in [0.29, 0.717) is 10.8 Å². The molecule has 0 atom stereocenters. The summed E-state index contributed by atoms with van der Waals surface area (Å²) >= 11 is 5.89. The van der Waals surface area contributed by atoms with Crippen LogP contribution in [0.15, 0.2) is 41.4 Å². The number of halogens is 1. The van der Waals surface area contributed by atoms with Crippen LogP contribution in [0.4, 0.5) is 5.69 Å². The van der Waals surface area contributed by atoms with Gasteiger partial charge in [0, 0.05) is 11.2 Å². The van der Waals surface area contributed by atoms with E-state index < -0.39 is 0 Å². The first-order chi connectivity index (χ1) is 8.56. The van der Waals surface area contributed by atoms with Gasteiger partial charge in [0.15, 0.2) is 0 Å². The van der Waals surface area contributed by atoms with Crippen LogP contribution < -0.4 is 0 Å². The zero-order valence-corrected chi connectivity index (χ0v) is 11.1. The van der Waals surface area contributed by atoms with Crippen molar-refractivity contribution < 1.29 is 5.11 Å². The molecule has 0 amide bonds. The molecule has 3 heteroatoms. The Morgan fingerprint density at radius 3 is 2.39 bits per heavy atom. The second-order valence-corrected chi connectivity index (χ2v) is 4.68. The highest BCUT2D eigenvalue weighted by Gasteiger charge is 2.01. The third-order valence-electron chi connectivity index (χ3n) is 2.68. The SMILES string of the molecule is Cc1cc(C=Nc2cccc(Cl)c2)cc(C)c1O. The molecule has 1 N–H and O–H groups in total. The van der Waals surface area contributed by atoms with Crippen LogP contribution in [0.5, 0.6) is 5.75 Å². The van der Waals surface area contributed by atoms with Crippen molar-refractivity contribution in [3.63, 3.8) is 0 Å². The first-order valence-electron chi connectivity index (χ1n) is 5.66. The Morgan fingerprint density at radius 1 is 1.11 bits per heavy atom. The lowest BCUT2D eigenvalue weighted by molar-refractivity contribution is 0.467. The molecule has 0 aliphatic rings. The number of phenolic OH excluding ortho intramolecular Hbond substituents is 1. The molecule has 0 spiro atoms. The molecule has 0 saturated carbocycles. The maximum absolute atomic E-state index is 9.69. The number of aryl methyl sites for hydroxylation is 2. The van der Waals surface area contributed by atoms with Crippen molar-refractivity contribution in [2.45, 2.75) is 13.8 Å². The molecule has 0 bridgehead atoms. The van der Waals surface area contributed by atoms with Crippen molar-refractivity contribution in [1.82, 2.24) is 0 Å². The molecule has 2 aromatic rings. The highest BCUT2D eigenvalue weighted by atomic mass is 35.5. The van der Waals surface area contributed by atoms with Crippen LogP contribution in [0.1, 0.15) is 16.7 Å². The third-order valence-corrected chi connectivity index (χ3v) is 2.92. The molecule has 2 rings (SSSR count). The molecule has 0 fully saturated rings. The quantitative estimate of drug-likeness (QED) is 0.796. The summed E-state index contributed by atoms with van der Waals surface area (Å²) in [7, 11) is 0. The average molecular weight is 260 g/mol. The molecule has 0 saturated heterocycles. The second kappa shape index (κ2) is 5.23. The smallest absolute Gasteiger partial charge is 0.121 e. The van der Waals surface area contributed by atoms with E-state index in [-0.39, 0.29) is 0 Å². The predicted molar refractivity (Wildman–Crippen MR) is 76.3 cm³/mol. The van der Waals surface area contributed by atoms with E-state index >= 15 is 0 Å². The Hall–Kier alpha value is -1.80. The summed E-state index contributed by atoms with van der Waals surface area (Å²) in [5.74, 6) is 0.343. The molecule has 0 aliphatic heterocycles. The summed E-state index contributed by atoms with van der Waals surface area (Å²) in [6, 6.07) is 11.2. The van der Waals surface area contributed by atoms with Gasteiger partial charge in [-0.3, -0.25) is 4.99 Å². The number of aliphatic imine (C=N–C) groups is 1. The lowest BCUT2D eigenvalue weighted by Gasteiger charge is -2.04. The molecule has 0 radical (unpaired) electrons. The van der Waals surface area contributed by atoms with E-state index in [1.165, 1.54) is 0 Å². The molecule has 0 unspecified atom stereocenters. The van der Waals surface area contributed by atoms with Crippen molar-refractivity contribution in [1.29, 1.82) is 0 Å². The summed E-state index contributed by atoms with van der Waals surface area (Å²) in [4.78, 5) is 4.36. The summed E-state index contributed by atoms with van der Waals surface area (Å²) in [6.45, 7) is 3.75. The maximum Gasteiger partial charge on any atom is 0.121 e. The molecule has 0 aromatic heterocycles. The van der Waals surface area contributed by atoms with Crippen LogP contribution in [-0.4, -0.2) is 11.3 Å². The highest BCUT2D eigenvalue weighted by molar-refractivity contribution is 6.30. The lowest BCUT2D eigenvalue weighted by Crippen LogP contribution is -1.87. The van der Waals surface area contributed by atoms with E-state index in [0.717, 1.165) is 22.4 Å². The fourth-order valence-corrected chi connectivity index (χ4v) is 1.95. The molecule has 2 aromatic carbocycles. The van der Waals surface area contributed by atoms with Gasteiger partial charge in [0.25, 0.3) is 0 Å². The van der Waals surface area contributed by atoms with Crippen LogP contribution in [0, 0.1) is 13.8 Å². The van der Waals surface area contributed by atoms with Crippen molar-refractivity contribution in [2.75, 3.05) is 0 Å². The first-order valence-corrected chi connectivity index (χ1v) is 6.04. The van der Waals surface area contributed by atoms with Gasteiger partial charge in [0.2, 0.25) is 0 Å². The Bertz CT molecular complexity index is 582. The van der Waals surface area contributed by atoms with Gasteiger partial charge in [-0.05, 0) is 60.9 Å². The first kappa shape index (κ1) is 12.7. The highest BCUT2D eigenvalue weighted by Crippen LogP contribution is 2.23. The van der Waals surface area contributed by atoms with Crippen molar-refractivity contribution in [2.24, 2.45) is 4.99 Å². The van der Waals surface area contributed by atoms with Gasteiger partial charge in [-0.1, -0.05) is 17.7 Å². The number of benzene rings is 2. The Labute approximate surface area is 112 Å². The molecular weight excluding hydrogens is 246 g/mol. The summed E-state index contributed by atoms with van der Waals surface area (Å²) in [5.41, 5.74) is 3.47. The van der Waals surface area contributed by atoms with Gasteiger partial charge in [0.05, 0.1) is 5.69 Å². The minimum Gasteiger partial charge on any atom is -0.507 e. The summed E-state index contributed by atoms with van der Waals surface area (Å²) in [6.07, 6.45) is 1.77. The van der Waals surface area contributed by atoms with Crippen molar-refractivity contribution in [3.05, 3.63) is 58.1 Å². The zero-order valence-electron chi connectivity index (χ0n) is 10.3. The number of nitrogens with zero attached hydrogens (tertiary/aromatic N) is 1. The minimum absolute atomic E-state index is 0.343. The Kier molecular flexibility index (Phi) is 3.68. The van der Waals surface area contributed by atoms with E-state index in [4.69, 9.17) is 11.6 Å². The van der Waals surface area contributed by atoms with E-state index in [2.05, 4.69) is 4.99 Å². The third kappa shape index (κ3) is 2.90. The molecule has 2 nitrogen and oxygen atoms in total. The van der Waals surface area contributed by atoms with Crippen LogP contribution in [0.2, 0.25) is 5.02 Å². The van der Waals surface area contributed by atoms with E-state index in [1.807, 2.05) is 44.2 Å². The van der Waals surface area contributed by atoms with E-state index in [1.54, 1.807) is 12.3 Å². The van der Waals surface area contributed by atoms with Crippen molar-refractivity contribution >= 4 is 23.5 Å². The molecule has 0 aliphatic carbocycles. The van der Waals surface area contributed by atoms with Gasteiger partial charge in [-0.15, -0.1) is 0 Å². The molecular formula is C15H14ClNO. The van der Waals surface area contributed by atoms with Crippen LogP contribution in [-0.2, 0) is 0 Å². The number of rotatable bonds is 2. The predicted octanol–water partition coefficient (Wildman–Crippen LogP) is 4.41. The number of phenols is 1. The van der Waals surface area contributed by atoms with Crippen LogP contribution in [0.25, 0.3) is 0 Å². The normalized spacial score (nSPS) is 11.1. The van der Waals surface area contributed by atoms with Crippen LogP contribution >= 0.6 is 11.6 Å². The van der Waals surface area contributed by atoms with Gasteiger partial charge in [-0.2, -0.15) is 0 Å². The van der Waals surface area contributed by atoms with E-state index in [9.17, 15) is 5.11 Å². The topological polar surface area (TPSA) is 32.6 Å². The Morgan fingerprint density at radius 2 is 1.78 bits per heavy atom. The molecule has 18 heavy (non-hydrogen) atoms. The fraction of sp³-hybridized carbons (Fsp3) is 0.133. The fourth-order valence-electron chi connectivity index (χ4n) is 1.77. The number of hydrogen-bond donors (Lipinski definition) is 1. The van der Waals surface area contributed by atoms with Gasteiger partial charge >= 0.3 is 0 Å². The van der Waals surface area contributed by atoms with Crippen molar-refractivity contribution in [3.8, 4) is 5.75 Å². The summed E-state index contributed by atoms with van der Waals surface area (Å²) in [5, 5.41) is 10.4. The van der Waals surface area contributed by atoms with Gasteiger partial charge in [-0.25, -0.2) is 0 Å².